The Bertz CT molecular complexity index is 797. The van der Waals surface area contributed by atoms with Gasteiger partial charge in [0.25, 0.3) is 5.91 Å². The zero-order chi connectivity index (χ0) is 14.8. The van der Waals surface area contributed by atoms with Crippen LogP contribution in [0.1, 0.15) is 30.0 Å². The zero-order valence-corrected chi connectivity index (χ0v) is 12.2. The van der Waals surface area contributed by atoms with E-state index in [4.69, 9.17) is 0 Å². The van der Waals surface area contributed by atoms with Crippen LogP contribution in [-0.2, 0) is 6.54 Å². The predicted molar refractivity (Wildman–Crippen MR) is 89.6 cm³/mol. The van der Waals surface area contributed by atoms with Gasteiger partial charge in [-0.1, -0.05) is 42.0 Å². The first kappa shape index (κ1) is 13.4. The maximum atomic E-state index is 12.4. The topological polar surface area (TPSA) is 44.9 Å². The van der Waals surface area contributed by atoms with Crippen LogP contribution >= 0.6 is 0 Å². The third-order valence-corrected chi connectivity index (χ3v) is 3.74. The van der Waals surface area contributed by atoms with Crippen molar-refractivity contribution in [3.05, 3.63) is 70.9 Å². The van der Waals surface area contributed by atoms with Gasteiger partial charge in [0, 0.05) is 20.3 Å². The summed E-state index contributed by atoms with van der Waals surface area (Å²) >= 11 is 0. The van der Waals surface area contributed by atoms with Crippen molar-refractivity contribution in [2.45, 2.75) is 20.4 Å². The highest BCUT2D eigenvalue weighted by Gasteiger charge is 2.14. The number of amides is 1. The number of hydrogen-bond donors (Lipinski definition) is 2. The van der Waals surface area contributed by atoms with Crippen molar-refractivity contribution >= 4 is 16.8 Å². The number of aryl methyl sites for hydroxylation is 2. The molecule has 3 rings (SSSR count). The van der Waals surface area contributed by atoms with Crippen LogP contribution in [0.2, 0.25) is 0 Å². The number of aromatic nitrogens is 1. The summed E-state index contributed by atoms with van der Waals surface area (Å²) in [5, 5.41) is 4.07. The van der Waals surface area contributed by atoms with Gasteiger partial charge in [-0.05, 0) is 37.1 Å². The van der Waals surface area contributed by atoms with Crippen molar-refractivity contribution in [3.8, 4) is 0 Å². The molecule has 21 heavy (non-hydrogen) atoms. The normalized spacial score (nSPS) is 10.8. The SMILES string of the molecule is Cc1ccc2[nH]c(C(=O)NCc3ccccc3)c(C)c2c1.[HH].[HH]. The maximum Gasteiger partial charge on any atom is 0.268 e. The molecule has 0 unspecified atom stereocenters. The molecule has 0 fully saturated rings. The molecule has 0 aliphatic heterocycles. The third-order valence-electron chi connectivity index (χ3n) is 3.74. The van der Waals surface area contributed by atoms with E-state index in [-0.39, 0.29) is 8.76 Å². The fourth-order valence-electron chi connectivity index (χ4n) is 2.53. The second-order valence-corrected chi connectivity index (χ2v) is 5.34. The number of aromatic amines is 1. The summed E-state index contributed by atoms with van der Waals surface area (Å²) in [5.74, 6) is -0.0646. The molecule has 0 atom stereocenters. The van der Waals surface area contributed by atoms with Crippen LogP contribution in [0.3, 0.4) is 0 Å². The highest BCUT2D eigenvalue weighted by Crippen LogP contribution is 2.22. The highest BCUT2D eigenvalue weighted by molar-refractivity contribution is 6.00. The quantitative estimate of drug-likeness (QED) is 0.742. The molecule has 0 bridgehead atoms. The Labute approximate surface area is 127 Å². The van der Waals surface area contributed by atoms with Gasteiger partial charge in [-0.25, -0.2) is 0 Å². The van der Waals surface area contributed by atoms with E-state index >= 15 is 0 Å². The minimum absolute atomic E-state index is 0. The average Bonchev–Trinajstić information content (AvgIpc) is 2.83. The van der Waals surface area contributed by atoms with Crippen LogP contribution in [0.4, 0.5) is 0 Å². The average molecular weight is 282 g/mol. The van der Waals surface area contributed by atoms with Crippen LogP contribution in [-0.4, -0.2) is 10.9 Å². The van der Waals surface area contributed by atoms with Crippen molar-refractivity contribution in [1.29, 1.82) is 0 Å². The number of nitrogens with one attached hydrogen (secondary N) is 2. The van der Waals surface area contributed by atoms with E-state index < -0.39 is 0 Å². The lowest BCUT2D eigenvalue weighted by Crippen LogP contribution is -2.23. The lowest BCUT2D eigenvalue weighted by molar-refractivity contribution is 0.0946. The fourth-order valence-corrected chi connectivity index (χ4v) is 2.53. The molecule has 1 aromatic heterocycles. The summed E-state index contributed by atoms with van der Waals surface area (Å²) in [4.78, 5) is 15.6. The van der Waals surface area contributed by atoms with Gasteiger partial charge in [0.1, 0.15) is 5.69 Å². The molecule has 3 nitrogen and oxygen atoms in total. The standard InChI is InChI=1S/C18H18N2O.2H2/c1-12-8-9-16-15(10-12)13(2)17(20-16)18(21)19-11-14-6-4-3-5-7-14;;/h3-10,20H,11H2,1-2H3,(H,19,21);2*1H. The molecule has 110 valence electrons. The van der Waals surface area contributed by atoms with Crippen molar-refractivity contribution in [2.75, 3.05) is 0 Å². The Morgan fingerprint density at radius 1 is 1.14 bits per heavy atom. The third kappa shape index (κ3) is 2.68. The Morgan fingerprint density at radius 2 is 1.90 bits per heavy atom. The molecule has 3 heteroatoms. The Kier molecular flexibility index (Phi) is 3.48. The number of carbonyl (C=O) groups is 1. The number of carbonyl (C=O) groups excluding carboxylic acids is 1. The molecule has 1 amide bonds. The molecule has 0 spiro atoms. The Morgan fingerprint density at radius 3 is 2.67 bits per heavy atom. The van der Waals surface area contributed by atoms with E-state index in [2.05, 4.69) is 23.3 Å². The van der Waals surface area contributed by atoms with Crippen LogP contribution < -0.4 is 5.32 Å². The summed E-state index contributed by atoms with van der Waals surface area (Å²) in [5.41, 5.74) is 4.94. The molecule has 3 aromatic rings. The summed E-state index contributed by atoms with van der Waals surface area (Å²) in [7, 11) is 0. The molecule has 0 saturated carbocycles. The number of H-pyrrole nitrogens is 1. The molecular formula is C18H22N2O. The van der Waals surface area contributed by atoms with E-state index in [0.717, 1.165) is 22.0 Å². The molecule has 0 aliphatic carbocycles. The first-order valence-electron chi connectivity index (χ1n) is 7.06. The summed E-state index contributed by atoms with van der Waals surface area (Å²) in [6.07, 6.45) is 0. The zero-order valence-electron chi connectivity index (χ0n) is 12.2. The van der Waals surface area contributed by atoms with Crippen molar-refractivity contribution in [3.63, 3.8) is 0 Å². The van der Waals surface area contributed by atoms with E-state index in [9.17, 15) is 4.79 Å². The minimum atomic E-state index is -0.0646. The second-order valence-electron chi connectivity index (χ2n) is 5.34. The summed E-state index contributed by atoms with van der Waals surface area (Å²) in [6.45, 7) is 4.57. The fraction of sp³-hybridized carbons (Fsp3) is 0.167. The van der Waals surface area contributed by atoms with Crippen molar-refractivity contribution in [2.24, 2.45) is 0 Å². The molecule has 1 heterocycles. The van der Waals surface area contributed by atoms with E-state index in [0.29, 0.717) is 12.2 Å². The Balaban J connectivity index is 0.00000132. The van der Waals surface area contributed by atoms with Crippen LogP contribution in [0, 0.1) is 13.8 Å². The highest BCUT2D eigenvalue weighted by atomic mass is 16.1. The lowest BCUT2D eigenvalue weighted by Gasteiger charge is -2.04. The van der Waals surface area contributed by atoms with Crippen molar-refractivity contribution in [1.82, 2.24) is 10.3 Å². The van der Waals surface area contributed by atoms with E-state index in [1.165, 1.54) is 5.56 Å². The van der Waals surface area contributed by atoms with Crippen LogP contribution in [0.5, 0.6) is 0 Å². The van der Waals surface area contributed by atoms with Gasteiger partial charge in [-0.3, -0.25) is 4.79 Å². The second kappa shape index (κ2) is 5.44. The monoisotopic (exact) mass is 282 g/mol. The van der Waals surface area contributed by atoms with Crippen LogP contribution in [0.25, 0.3) is 10.9 Å². The molecule has 0 saturated heterocycles. The van der Waals surface area contributed by atoms with Crippen molar-refractivity contribution < 1.29 is 7.65 Å². The van der Waals surface area contributed by atoms with Gasteiger partial charge in [0.05, 0.1) is 0 Å². The smallest absolute Gasteiger partial charge is 0.268 e. The number of fused-ring (bicyclic) bond motifs is 1. The van der Waals surface area contributed by atoms with Gasteiger partial charge in [0.15, 0.2) is 0 Å². The largest absolute Gasteiger partial charge is 0.350 e. The molecular weight excluding hydrogens is 260 g/mol. The van der Waals surface area contributed by atoms with Gasteiger partial charge < -0.3 is 10.3 Å². The Hall–Kier alpha value is -2.55. The van der Waals surface area contributed by atoms with E-state index in [1.807, 2.05) is 49.4 Å². The first-order chi connectivity index (χ1) is 10.1. The summed E-state index contributed by atoms with van der Waals surface area (Å²) < 4.78 is 0. The van der Waals surface area contributed by atoms with Gasteiger partial charge in [0.2, 0.25) is 0 Å². The molecule has 0 aliphatic rings. The van der Waals surface area contributed by atoms with Gasteiger partial charge >= 0.3 is 0 Å². The van der Waals surface area contributed by atoms with E-state index in [1.54, 1.807) is 0 Å². The number of benzene rings is 2. The lowest BCUT2D eigenvalue weighted by atomic mass is 10.1. The predicted octanol–water partition coefficient (Wildman–Crippen LogP) is 4.21. The summed E-state index contributed by atoms with van der Waals surface area (Å²) in [6, 6.07) is 16.1. The number of hydrogen-bond acceptors (Lipinski definition) is 1. The first-order valence-corrected chi connectivity index (χ1v) is 7.06. The number of rotatable bonds is 3. The minimum Gasteiger partial charge on any atom is -0.350 e. The molecule has 2 N–H and O–H groups in total. The molecule has 0 radical (unpaired) electrons. The van der Waals surface area contributed by atoms with Gasteiger partial charge in [-0.2, -0.15) is 0 Å². The van der Waals surface area contributed by atoms with Crippen LogP contribution in [0.15, 0.2) is 48.5 Å². The maximum absolute atomic E-state index is 12.4. The molecule has 2 aromatic carbocycles. The van der Waals surface area contributed by atoms with Gasteiger partial charge in [-0.15, -0.1) is 0 Å².